The summed E-state index contributed by atoms with van der Waals surface area (Å²) in [5.74, 6) is -0.446. The van der Waals surface area contributed by atoms with E-state index in [0.29, 0.717) is 26.1 Å². The number of carbonyl (C=O) groups excluding carboxylic acids is 1. The Labute approximate surface area is 65.7 Å². The zero-order chi connectivity index (χ0) is 8.27. The lowest BCUT2D eigenvalue weighted by atomic mass is 9.93. The number of Topliss-reactive ketones (excluding diaryl/α,β-unsaturated/α-hetero) is 1. The van der Waals surface area contributed by atoms with Gasteiger partial charge in [-0.2, -0.15) is 0 Å². The lowest BCUT2D eigenvalue weighted by molar-refractivity contribution is -0.124. The van der Waals surface area contributed by atoms with E-state index in [9.17, 15) is 9.18 Å². The number of alkyl halides is 1. The molecule has 0 N–H and O–H groups in total. The minimum absolute atomic E-state index is 0.0961. The van der Waals surface area contributed by atoms with Crippen LogP contribution in [0.5, 0.6) is 0 Å². The van der Waals surface area contributed by atoms with Crippen LogP contribution in [0.1, 0.15) is 19.8 Å². The molecule has 2 nitrogen and oxygen atoms in total. The monoisotopic (exact) mass is 160 g/mol. The van der Waals surface area contributed by atoms with E-state index < -0.39 is 6.17 Å². The van der Waals surface area contributed by atoms with E-state index >= 15 is 0 Å². The first-order chi connectivity index (χ1) is 5.22. The highest BCUT2D eigenvalue weighted by Gasteiger charge is 2.26. The molecule has 1 atom stereocenters. The fourth-order valence-corrected chi connectivity index (χ4v) is 1.34. The zero-order valence-electron chi connectivity index (χ0n) is 6.68. The second kappa shape index (κ2) is 3.81. The summed E-state index contributed by atoms with van der Waals surface area (Å²) in [5.41, 5.74) is 0. The zero-order valence-corrected chi connectivity index (χ0v) is 6.68. The van der Waals surface area contributed by atoms with Crippen molar-refractivity contribution in [3.63, 3.8) is 0 Å². The third-order valence-electron chi connectivity index (χ3n) is 2.07. The van der Waals surface area contributed by atoms with Crippen molar-refractivity contribution >= 4 is 5.78 Å². The lowest BCUT2D eigenvalue weighted by Crippen LogP contribution is -2.28. The van der Waals surface area contributed by atoms with Crippen LogP contribution in [0.15, 0.2) is 0 Å². The third-order valence-corrected chi connectivity index (χ3v) is 2.07. The molecule has 1 aliphatic heterocycles. The molecule has 1 fully saturated rings. The second-order valence-electron chi connectivity index (χ2n) is 2.96. The Morgan fingerprint density at radius 1 is 1.55 bits per heavy atom. The van der Waals surface area contributed by atoms with Gasteiger partial charge in [0.1, 0.15) is 0 Å². The van der Waals surface area contributed by atoms with E-state index in [1.54, 1.807) is 0 Å². The highest BCUT2D eigenvalue weighted by molar-refractivity contribution is 5.80. The maximum Gasteiger partial charge on any atom is 0.164 e. The summed E-state index contributed by atoms with van der Waals surface area (Å²) in [7, 11) is 0. The van der Waals surface area contributed by atoms with E-state index in [-0.39, 0.29) is 11.7 Å². The van der Waals surface area contributed by atoms with Crippen molar-refractivity contribution in [2.45, 2.75) is 25.9 Å². The molecule has 1 heterocycles. The van der Waals surface area contributed by atoms with E-state index in [1.165, 1.54) is 6.92 Å². The first-order valence-electron chi connectivity index (χ1n) is 3.94. The average molecular weight is 160 g/mol. The molecule has 64 valence electrons. The summed E-state index contributed by atoms with van der Waals surface area (Å²) < 4.78 is 18.1. The summed E-state index contributed by atoms with van der Waals surface area (Å²) in [6.07, 6.45) is 0.0977. The number of rotatable bonds is 2. The lowest BCUT2D eigenvalue weighted by Gasteiger charge is -2.23. The highest BCUT2D eigenvalue weighted by Crippen LogP contribution is 2.21. The molecule has 1 unspecified atom stereocenters. The van der Waals surface area contributed by atoms with Crippen LogP contribution in [-0.4, -0.2) is 25.2 Å². The molecule has 0 spiro atoms. The molecular formula is C8H13FO2. The standard InChI is InChI=1S/C8H13FO2/c1-6(10)8(9)7-2-4-11-5-3-7/h7-8H,2-5H2,1H3. The fourth-order valence-electron chi connectivity index (χ4n) is 1.34. The number of ketones is 1. The van der Waals surface area contributed by atoms with Crippen molar-refractivity contribution in [3.8, 4) is 0 Å². The molecule has 1 aliphatic rings. The molecule has 0 aliphatic carbocycles. The Kier molecular flexibility index (Phi) is 3.00. The van der Waals surface area contributed by atoms with E-state index in [1.807, 2.05) is 0 Å². The maximum atomic E-state index is 13.0. The van der Waals surface area contributed by atoms with Gasteiger partial charge >= 0.3 is 0 Å². The summed E-state index contributed by atoms with van der Waals surface area (Å²) in [6.45, 7) is 2.50. The van der Waals surface area contributed by atoms with Crippen LogP contribution in [0.2, 0.25) is 0 Å². The van der Waals surface area contributed by atoms with E-state index in [2.05, 4.69) is 0 Å². The minimum atomic E-state index is -1.26. The van der Waals surface area contributed by atoms with Crippen molar-refractivity contribution < 1.29 is 13.9 Å². The summed E-state index contributed by atoms with van der Waals surface area (Å²) in [5, 5.41) is 0. The molecule has 0 bridgehead atoms. The summed E-state index contributed by atoms with van der Waals surface area (Å²) in [4.78, 5) is 10.6. The van der Waals surface area contributed by atoms with Crippen LogP contribution in [0.25, 0.3) is 0 Å². The number of ether oxygens (including phenoxy) is 1. The number of halogens is 1. The number of hydrogen-bond donors (Lipinski definition) is 0. The summed E-state index contributed by atoms with van der Waals surface area (Å²) >= 11 is 0. The molecule has 11 heavy (non-hydrogen) atoms. The Hall–Kier alpha value is -0.440. The second-order valence-corrected chi connectivity index (χ2v) is 2.96. The van der Waals surface area contributed by atoms with Crippen molar-refractivity contribution in [1.82, 2.24) is 0 Å². The predicted molar refractivity (Wildman–Crippen MR) is 39.1 cm³/mol. The van der Waals surface area contributed by atoms with Gasteiger partial charge in [-0.15, -0.1) is 0 Å². The van der Waals surface area contributed by atoms with Crippen LogP contribution in [0.4, 0.5) is 4.39 Å². The Bertz CT molecular complexity index is 141. The molecule has 0 saturated carbocycles. The first kappa shape index (κ1) is 8.65. The van der Waals surface area contributed by atoms with Gasteiger partial charge in [0, 0.05) is 19.1 Å². The minimum Gasteiger partial charge on any atom is -0.381 e. The maximum absolute atomic E-state index is 13.0. The highest BCUT2D eigenvalue weighted by atomic mass is 19.1. The van der Waals surface area contributed by atoms with Crippen LogP contribution < -0.4 is 0 Å². The fraction of sp³-hybridized carbons (Fsp3) is 0.875. The number of hydrogen-bond acceptors (Lipinski definition) is 2. The Morgan fingerprint density at radius 2 is 2.09 bits per heavy atom. The van der Waals surface area contributed by atoms with Gasteiger partial charge in [-0.1, -0.05) is 0 Å². The van der Waals surface area contributed by atoms with Gasteiger partial charge in [-0.25, -0.2) is 4.39 Å². The molecule has 1 saturated heterocycles. The van der Waals surface area contributed by atoms with Crippen LogP contribution in [-0.2, 0) is 9.53 Å². The predicted octanol–water partition coefficient (Wildman–Crippen LogP) is 1.34. The van der Waals surface area contributed by atoms with Gasteiger partial charge < -0.3 is 4.74 Å². The van der Waals surface area contributed by atoms with Crippen LogP contribution in [0, 0.1) is 5.92 Å². The molecule has 0 aromatic carbocycles. The van der Waals surface area contributed by atoms with Crippen molar-refractivity contribution in [2.24, 2.45) is 5.92 Å². The number of carbonyl (C=O) groups is 1. The molecule has 1 rings (SSSR count). The van der Waals surface area contributed by atoms with Crippen LogP contribution >= 0.6 is 0 Å². The molecular weight excluding hydrogens is 147 g/mol. The van der Waals surface area contributed by atoms with E-state index in [0.717, 1.165) is 0 Å². The molecule has 0 aromatic rings. The molecule has 3 heteroatoms. The smallest absolute Gasteiger partial charge is 0.164 e. The van der Waals surface area contributed by atoms with Gasteiger partial charge in [0.15, 0.2) is 12.0 Å². The Morgan fingerprint density at radius 3 is 2.55 bits per heavy atom. The molecule has 0 aromatic heterocycles. The van der Waals surface area contributed by atoms with E-state index in [4.69, 9.17) is 4.74 Å². The van der Waals surface area contributed by atoms with Gasteiger partial charge in [-0.05, 0) is 19.8 Å². The molecule has 0 amide bonds. The summed E-state index contributed by atoms with van der Waals surface area (Å²) in [6, 6.07) is 0. The van der Waals surface area contributed by atoms with Gasteiger partial charge in [-0.3, -0.25) is 4.79 Å². The van der Waals surface area contributed by atoms with Gasteiger partial charge in [0.2, 0.25) is 0 Å². The third kappa shape index (κ3) is 2.26. The largest absolute Gasteiger partial charge is 0.381 e. The molecule has 0 radical (unpaired) electrons. The Balaban J connectivity index is 2.38. The van der Waals surface area contributed by atoms with Gasteiger partial charge in [0.05, 0.1) is 0 Å². The average Bonchev–Trinajstić information content (AvgIpc) is 2.05. The quantitative estimate of drug-likeness (QED) is 0.609. The van der Waals surface area contributed by atoms with Crippen molar-refractivity contribution in [3.05, 3.63) is 0 Å². The topological polar surface area (TPSA) is 26.3 Å². The van der Waals surface area contributed by atoms with Crippen LogP contribution in [0.3, 0.4) is 0 Å². The van der Waals surface area contributed by atoms with Crippen molar-refractivity contribution in [2.75, 3.05) is 13.2 Å². The normalized spacial score (nSPS) is 23.1. The SMILES string of the molecule is CC(=O)C(F)C1CCOCC1. The van der Waals surface area contributed by atoms with Gasteiger partial charge in [0.25, 0.3) is 0 Å². The van der Waals surface area contributed by atoms with Crippen molar-refractivity contribution in [1.29, 1.82) is 0 Å². The first-order valence-corrected chi connectivity index (χ1v) is 3.94.